The number of nitrogens with zero attached hydrogens (tertiary/aromatic N) is 1. The predicted molar refractivity (Wildman–Crippen MR) is 105 cm³/mol. The minimum absolute atomic E-state index is 0.246. The molecule has 1 amide bonds. The summed E-state index contributed by atoms with van der Waals surface area (Å²) in [7, 11) is 0. The van der Waals surface area contributed by atoms with E-state index in [0.717, 1.165) is 19.5 Å². The zero-order valence-corrected chi connectivity index (χ0v) is 16.7. The standard InChI is InChI=1S/C22H43NO/c1-3-4-5-6-7-8-9-10-11-12-13-14-15-18-21(2)22(24)23-19-16-17-20-23/h21H,3-20H2,1-2H3. The summed E-state index contributed by atoms with van der Waals surface area (Å²) in [6, 6.07) is 0. The molecule has 0 N–H and O–H groups in total. The minimum atomic E-state index is 0.246. The summed E-state index contributed by atoms with van der Waals surface area (Å²) in [6.45, 7) is 6.41. The van der Waals surface area contributed by atoms with Gasteiger partial charge in [0.05, 0.1) is 0 Å². The molecule has 1 atom stereocenters. The van der Waals surface area contributed by atoms with Gasteiger partial charge in [-0.2, -0.15) is 0 Å². The van der Waals surface area contributed by atoms with Crippen LogP contribution in [0.5, 0.6) is 0 Å². The zero-order chi connectivity index (χ0) is 17.5. The maximum Gasteiger partial charge on any atom is 0.225 e. The molecule has 1 unspecified atom stereocenters. The first-order chi connectivity index (χ1) is 11.8. The fourth-order valence-corrected chi connectivity index (χ4v) is 3.84. The van der Waals surface area contributed by atoms with Gasteiger partial charge in [-0.1, -0.05) is 97.3 Å². The van der Waals surface area contributed by atoms with Crippen LogP contribution in [-0.4, -0.2) is 23.9 Å². The highest BCUT2D eigenvalue weighted by atomic mass is 16.2. The molecule has 1 heterocycles. The molecule has 24 heavy (non-hydrogen) atoms. The van der Waals surface area contributed by atoms with Gasteiger partial charge in [-0.05, 0) is 19.3 Å². The molecule has 1 rings (SSSR count). The van der Waals surface area contributed by atoms with Crippen molar-refractivity contribution in [1.29, 1.82) is 0 Å². The Bertz CT molecular complexity index is 296. The number of carbonyl (C=O) groups excluding carboxylic acids is 1. The third-order valence-corrected chi connectivity index (χ3v) is 5.58. The monoisotopic (exact) mass is 337 g/mol. The highest BCUT2D eigenvalue weighted by Crippen LogP contribution is 2.18. The Kier molecular flexibility index (Phi) is 13.3. The zero-order valence-electron chi connectivity index (χ0n) is 16.7. The summed E-state index contributed by atoms with van der Waals surface area (Å²) in [4.78, 5) is 14.3. The lowest BCUT2D eigenvalue weighted by molar-refractivity contribution is -0.134. The smallest absolute Gasteiger partial charge is 0.225 e. The highest BCUT2D eigenvalue weighted by molar-refractivity contribution is 5.78. The van der Waals surface area contributed by atoms with Crippen molar-refractivity contribution in [3.8, 4) is 0 Å². The molecular weight excluding hydrogens is 294 g/mol. The van der Waals surface area contributed by atoms with E-state index in [0.29, 0.717) is 5.91 Å². The van der Waals surface area contributed by atoms with Crippen molar-refractivity contribution < 1.29 is 4.79 Å². The van der Waals surface area contributed by atoms with Gasteiger partial charge >= 0.3 is 0 Å². The van der Waals surface area contributed by atoms with Gasteiger partial charge in [-0.25, -0.2) is 0 Å². The van der Waals surface area contributed by atoms with Gasteiger partial charge in [-0.3, -0.25) is 4.79 Å². The van der Waals surface area contributed by atoms with Gasteiger partial charge in [0, 0.05) is 19.0 Å². The predicted octanol–water partition coefficient (Wildman–Crippen LogP) is 6.73. The van der Waals surface area contributed by atoms with E-state index in [2.05, 4.69) is 18.7 Å². The molecule has 2 nitrogen and oxygen atoms in total. The van der Waals surface area contributed by atoms with Crippen LogP contribution < -0.4 is 0 Å². The van der Waals surface area contributed by atoms with Crippen molar-refractivity contribution in [3.63, 3.8) is 0 Å². The van der Waals surface area contributed by atoms with E-state index in [4.69, 9.17) is 0 Å². The number of rotatable bonds is 15. The summed E-state index contributed by atoms with van der Waals surface area (Å²) in [5.41, 5.74) is 0. The normalized spacial score (nSPS) is 15.8. The van der Waals surface area contributed by atoms with Crippen molar-refractivity contribution in [1.82, 2.24) is 4.90 Å². The molecule has 0 aliphatic carbocycles. The van der Waals surface area contributed by atoms with E-state index in [1.54, 1.807) is 0 Å². The minimum Gasteiger partial charge on any atom is -0.342 e. The second-order valence-electron chi connectivity index (χ2n) is 7.96. The molecule has 0 spiro atoms. The van der Waals surface area contributed by atoms with Crippen LogP contribution in [0.25, 0.3) is 0 Å². The quantitative estimate of drug-likeness (QED) is 0.303. The number of amides is 1. The van der Waals surface area contributed by atoms with Crippen molar-refractivity contribution >= 4 is 5.91 Å². The Labute approximate surface area is 151 Å². The Morgan fingerprint density at radius 1 is 0.750 bits per heavy atom. The maximum atomic E-state index is 12.2. The molecule has 0 radical (unpaired) electrons. The second-order valence-corrected chi connectivity index (χ2v) is 7.96. The fraction of sp³-hybridized carbons (Fsp3) is 0.955. The maximum absolute atomic E-state index is 12.2. The second kappa shape index (κ2) is 14.8. The average Bonchev–Trinajstić information content (AvgIpc) is 3.12. The summed E-state index contributed by atoms with van der Waals surface area (Å²) in [6.07, 6.45) is 21.6. The molecule has 1 aliphatic rings. The lowest BCUT2D eigenvalue weighted by atomic mass is 10.00. The highest BCUT2D eigenvalue weighted by Gasteiger charge is 2.22. The molecular formula is C22H43NO. The van der Waals surface area contributed by atoms with E-state index >= 15 is 0 Å². The number of hydrogen-bond donors (Lipinski definition) is 0. The first kappa shape index (κ1) is 21.5. The van der Waals surface area contributed by atoms with Crippen LogP contribution in [0.4, 0.5) is 0 Å². The van der Waals surface area contributed by atoms with Crippen LogP contribution in [0, 0.1) is 5.92 Å². The lowest BCUT2D eigenvalue weighted by Crippen LogP contribution is -2.32. The fourth-order valence-electron chi connectivity index (χ4n) is 3.84. The van der Waals surface area contributed by atoms with Gasteiger partial charge in [0.1, 0.15) is 0 Å². The topological polar surface area (TPSA) is 20.3 Å². The molecule has 0 bridgehead atoms. The first-order valence-corrected chi connectivity index (χ1v) is 11.0. The average molecular weight is 338 g/mol. The summed E-state index contributed by atoms with van der Waals surface area (Å²) in [5.74, 6) is 0.655. The lowest BCUT2D eigenvalue weighted by Gasteiger charge is -2.20. The SMILES string of the molecule is CCCCCCCCCCCCCCCC(C)C(=O)N1CCCC1. The molecule has 1 aliphatic heterocycles. The van der Waals surface area contributed by atoms with Gasteiger partial charge < -0.3 is 4.90 Å². The molecule has 0 saturated carbocycles. The summed E-state index contributed by atoms with van der Waals surface area (Å²) >= 11 is 0. The van der Waals surface area contributed by atoms with Crippen LogP contribution in [0.3, 0.4) is 0 Å². The van der Waals surface area contributed by atoms with Crippen molar-refractivity contribution in [2.24, 2.45) is 5.92 Å². The summed E-state index contributed by atoms with van der Waals surface area (Å²) < 4.78 is 0. The number of unbranched alkanes of at least 4 members (excludes halogenated alkanes) is 12. The number of likely N-dealkylation sites (tertiary alicyclic amines) is 1. The molecule has 0 aromatic carbocycles. The molecule has 2 heteroatoms. The van der Waals surface area contributed by atoms with Crippen LogP contribution in [0.1, 0.15) is 117 Å². The van der Waals surface area contributed by atoms with Crippen LogP contribution in [-0.2, 0) is 4.79 Å². The number of carbonyl (C=O) groups is 1. The van der Waals surface area contributed by atoms with E-state index in [1.165, 1.54) is 96.3 Å². The van der Waals surface area contributed by atoms with Crippen molar-refractivity contribution in [2.75, 3.05) is 13.1 Å². The molecule has 1 saturated heterocycles. The van der Waals surface area contributed by atoms with Gasteiger partial charge in [-0.15, -0.1) is 0 Å². The first-order valence-electron chi connectivity index (χ1n) is 11.0. The Morgan fingerprint density at radius 3 is 1.62 bits per heavy atom. The summed E-state index contributed by atoms with van der Waals surface area (Å²) in [5, 5.41) is 0. The van der Waals surface area contributed by atoms with Crippen LogP contribution in [0.2, 0.25) is 0 Å². The Hall–Kier alpha value is -0.530. The molecule has 0 aromatic rings. The van der Waals surface area contributed by atoms with Gasteiger partial charge in [0.15, 0.2) is 0 Å². The van der Waals surface area contributed by atoms with Gasteiger partial charge in [0.25, 0.3) is 0 Å². The van der Waals surface area contributed by atoms with E-state index < -0.39 is 0 Å². The molecule has 1 fully saturated rings. The third-order valence-electron chi connectivity index (χ3n) is 5.58. The van der Waals surface area contributed by atoms with Crippen molar-refractivity contribution in [3.05, 3.63) is 0 Å². The van der Waals surface area contributed by atoms with Crippen LogP contribution in [0.15, 0.2) is 0 Å². The Balaban J connectivity index is 1.81. The largest absolute Gasteiger partial charge is 0.342 e. The van der Waals surface area contributed by atoms with Crippen LogP contribution >= 0.6 is 0 Å². The third kappa shape index (κ3) is 10.4. The Morgan fingerprint density at radius 2 is 1.17 bits per heavy atom. The van der Waals surface area contributed by atoms with E-state index in [-0.39, 0.29) is 5.92 Å². The molecule has 142 valence electrons. The number of hydrogen-bond acceptors (Lipinski definition) is 1. The van der Waals surface area contributed by atoms with E-state index in [9.17, 15) is 4.79 Å². The van der Waals surface area contributed by atoms with Gasteiger partial charge in [0.2, 0.25) is 5.91 Å². The van der Waals surface area contributed by atoms with E-state index in [1.807, 2.05) is 0 Å². The van der Waals surface area contributed by atoms with Crippen molar-refractivity contribution in [2.45, 2.75) is 117 Å². The molecule has 0 aromatic heterocycles.